The predicted octanol–water partition coefficient (Wildman–Crippen LogP) is 7.05. The molecule has 37 heavy (non-hydrogen) atoms. The van der Waals surface area contributed by atoms with Crippen LogP contribution in [-0.4, -0.2) is 26.3 Å². The van der Waals surface area contributed by atoms with Crippen molar-refractivity contribution in [3.8, 4) is 21.7 Å². The number of nitrogens with one attached hydrogen (secondary N) is 1. The number of pyridine rings is 1. The van der Waals surface area contributed by atoms with E-state index in [1.807, 2.05) is 76.7 Å². The van der Waals surface area contributed by atoms with Crippen LogP contribution in [-0.2, 0) is 16.6 Å². The normalized spacial score (nSPS) is 13.0. The zero-order valence-corrected chi connectivity index (χ0v) is 23.6. The smallest absolute Gasteiger partial charge is 0.301 e. The SMILES string of the molecule is CC(=O)[C@@H](OC(C)(C)C)c1c(C)cc2nc(-c3cnc4c(c3)[nH]c(C)[n+]4C)sc2c1-c1ccc(Cl)cc1. The third-order valence-corrected chi connectivity index (χ3v) is 7.80. The van der Waals surface area contributed by atoms with Crippen LogP contribution in [0.15, 0.2) is 42.6 Å². The van der Waals surface area contributed by atoms with Gasteiger partial charge in [-0.3, -0.25) is 9.78 Å². The van der Waals surface area contributed by atoms with Crippen molar-refractivity contribution in [3.05, 3.63) is 64.6 Å². The zero-order valence-electron chi connectivity index (χ0n) is 22.1. The van der Waals surface area contributed by atoms with Gasteiger partial charge in [0.05, 0.1) is 22.9 Å². The summed E-state index contributed by atoms with van der Waals surface area (Å²) < 4.78 is 9.37. The number of hydrogen-bond donors (Lipinski definition) is 1. The summed E-state index contributed by atoms with van der Waals surface area (Å²) in [7, 11) is 1.99. The van der Waals surface area contributed by atoms with E-state index in [2.05, 4.69) is 22.1 Å². The van der Waals surface area contributed by atoms with Crippen molar-refractivity contribution in [2.75, 3.05) is 0 Å². The van der Waals surface area contributed by atoms with Gasteiger partial charge in [0.2, 0.25) is 0 Å². The van der Waals surface area contributed by atoms with E-state index in [1.165, 1.54) is 0 Å². The Labute approximate surface area is 225 Å². The Morgan fingerprint density at radius 1 is 1.14 bits per heavy atom. The molecule has 0 amide bonds. The largest absolute Gasteiger partial charge is 0.360 e. The van der Waals surface area contributed by atoms with Gasteiger partial charge in [0.15, 0.2) is 17.1 Å². The summed E-state index contributed by atoms with van der Waals surface area (Å²) in [5, 5.41) is 1.52. The van der Waals surface area contributed by atoms with Crippen LogP contribution in [0.4, 0.5) is 0 Å². The first kappa shape index (κ1) is 25.5. The number of ketones is 1. The molecule has 0 saturated carbocycles. The summed E-state index contributed by atoms with van der Waals surface area (Å²) in [6, 6.07) is 11.9. The highest BCUT2D eigenvalue weighted by molar-refractivity contribution is 7.22. The molecule has 190 valence electrons. The first-order valence-corrected chi connectivity index (χ1v) is 13.4. The second kappa shape index (κ2) is 9.31. The minimum absolute atomic E-state index is 0.0398. The number of halogens is 1. The quantitative estimate of drug-likeness (QED) is 0.246. The minimum Gasteiger partial charge on any atom is -0.360 e. The predicted molar refractivity (Wildman–Crippen MR) is 150 cm³/mol. The lowest BCUT2D eigenvalue weighted by molar-refractivity contribution is -0.653. The van der Waals surface area contributed by atoms with E-state index in [1.54, 1.807) is 18.3 Å². The average Bonchev–Trinajstić information content (AvgIpc) is 3.36. The molecule has 5 rings (SSSR count). The second-order valence-corrected chi connectivity index (χ2v) is 11.9. The van der Waals surface area contributed by atoms with Gasteiger partial charge in [0.1, 0.15) is 17.3 Å². The van der Waals surface area contributed by atoms with Gasteiger partial charge < -0.3 is 4.74 Å². The number of nitrogens with zero attached hydrogens (tertiary/aromatic N) is 3. The molecule has 8 heteroatoms. The van der Waals surface area contributed by atoms with Crippen LogP contribution < -0.4 is 4.57 Å². The number of benzene rings is 2. The molecule has 5 aromatic rings. The Kier molecular flexibility index (Phi) is 6.42. The van der Waals surface area contributed by atoms with E-state index in [0.717, 1.165) is 60.0 Å². The van der Waals surface area contributed by atoms with E-state index in [-0.39, 0.29) is 5.78 Å². The Balaban J connectivity index is 1.78. The summed E-state index contributed by atoms with van der Waals surface area (Å²) in [5.41, 5.74) is 6.91. The molecule has 0 aliphatic carbocycles. The van der Waals surface area contributed by atoms with Crippen molar-refractivity contribution in [3.63, 3.8) is 0 Å². The molecule has 1 atom stereocenters. The van der Waals surface area contributed by atoms with E-state index in [0.29, 0.717) is 5.02 Å². The lowest BCUT2D eigenvalue weighted by atomic mass is 9.90. The first-order chi connectivity index (χ1) is 17.4. The monoisotopic (exact) mass is 533 g/mol. The molecule has 0 unspecified atom stereocenters. The highest BCUT2D eigenvalue weighted by atomic mass is 35.5. The summed E-state index contributed by atoms with van der Waals surface area (Å²) >= 11 is 7.83. The van der Waals surface area contributed by atoms with E-state index in [9.17, 15) is 4.79 Å². The standard InChI is InChI=1S/C29H29ClN4O2S/c1-15-12-21-26(37-28(33-21)19-13-22-27(31-14-19)34(7)17(3)32-22)24(18-8-10-20(30)11-9-18)23(15)25(16(2)35)36-29(4,5)6/h8-14,25H,1-7H3/p+1/t25-/m1/s1. The molecule has 0 radical (unpaired) electrons. The van der Waals surface area contributed by atoms with Crippen LogP contribution in [0.25, 0.3) is 43.1 Å². The number of Topliss-reactive ketones (excluding diaryl/α,β-unsaturated/α-hetero) is 1. The van der Waals surface area contributed by atoms with Crippen molar-refractivity contribution < 1.29 is 14.1 Å². The van der Waals surface area contributed by atoms with Gasteiger partial charge >= 0.3 is 5.65 Å². The summed E-state index contributed by atoms with van der Waals surface area (Å²) in [6.07, 6.45) is 1.16. The van der Waals surface area contributed by atoms with Gasteiger partial charge in [-0.15, -0.1) is 16.3 Å². The molecule has 0 aliphatic rings. The van der Waals surface area contributed by atoms with Crippen LogP contribution in [0.2, 0.25) is 5.02 Å². The maximum absolute atomic E-state index is 13.0. The minimum atomic E-state index is -0.708. The van der Waals surface area contributed by atoms with Crippen LogP contribution in [0.3, 0.4) is 0 Å². The molecular formula is C29H30ClN4O2S+. The van der Waals surface area contributed by atoms with Crippen molar-refractivity contribution in [1.82, 2.24) is 15.0 Å². The topological polar surface area (TPSA) is 71.8 Å². The van der Waals surface area contributed by atoms with E-state index < -0.39 is 11.7 Å². The van der Waals surface area contributed by atoms with Crippen LogP contribution >= 0.6 is 22.9 Å². The fourth-order valence-corrected chi connectivity index (χ4v) is 5.88. The molecule has 1 N–H and O–H groups in total. The van der Waals surface area contributed by atoms with Gasteiger partial charge in [-0.2, -0.15) is 0 Å². The maximum Gasteiger partial charge on any atom is 0.301 e. The number of hydrogen-bond acceptors (Lipinski definition) is 5. The number of aromatic amines is 1. The van der Waals surface area contributed by atoms with Crippen LogP contribution in [0, 0.1) is 13.8 Å². The fourth-order valence-electron chi connectivity index (χ4n) is 4.65. The number of fused-ring (bicyclic) bond motifs is 2. The average molecular weight is 534 g/mol. The molecule has 0 spiro atoms. The summed E-state index contributed by atoms with van der Waals surface area (Å²) in [6.45, 7) is 11.5. The molecule has 6 nitrogen and oxygen atoms in total. The Morgan fingerprint density at radius 3 is 2.49 bits per heavy atom. The Bertz CT molecular complexity index is 1660. The van der Waals surface area contributed by atoms with Gasteiger partial charge in [-0.1, -0.05) is 23.7 Å². The fraction of sp³-hybridized carbons (Fsp3) is 0.310. The van der Waals surface area contributed by atoms with Gasteiger partial charge in [0.25, 0.3) is 0 Å². The van der Waals surface area contributed by atoms with Gasteiger partial charge in [-0.05, 0) is 70.0 Å². The third-order valence-electron chi connectivity index (χ3n) is 6.41. The number of imidazole rings is 1. The number of ether oxygens (including phenoxy) is 1. The number of aryl methyl sites for hydroxylation is 3. The van der Waals surface area contributed by atoms with Crippen molar-refractivity contribution in [2.45, 2.75) is 53.2 Å². The molecule has 3 heterocycles. The molecule has 0 aliphatic heterocycles. The number of rotatable bonds is 5. The Morgan fingerprint density at radius 2 is 1.84 bits per heavy atom. The van der Waals surface area contributed by atoms with Gasteiger partial charge in [0, 0.05) is 28.6 Å². The highest BCUT2D eigenvalue weighted by Gasteiger charge is 2.30. The molecular weight excluding hydrogens is 504 g/mol. The van der Waals surface area contributed by atoms with Crippen molar-refractivity contribution in [2.24, 2.45) is 7.05 Å². The van der Waals surface area contributed by atoms with Crippen molar-refractivity contribution >= 4 is 50.1 Å². The lowest BCUT2D eigenvalue weighted by Gasteiger charge is -2.29. The van der Waals surface area contributed by atoms with E-state index >= 15 is 0 Å². The second-order valence-electron chi connectivity index (χ2n) is 10.4. The number of carbonyl (C=O) groups is 1. The third kappa shape index (κ3) is 4.79. The highest BCUT2D eigenvalue weighted by Crippen LogP contribution is 2.44. The number of thiazole rings is 1. The molecule has 0 bridgehead atoms. The van der Waals surface area contributed by atoms with Crippen LogP contribution in [0.1, 0.15) is 50.8 Å². The van der Waals surface area contributed by atoms with Crippen LogP contribution in [0.5, 0.6) is 0 Å². The maximum atomic E-state index is 13.0. The van der Waals surface area contributed by atoms with Gasteiger partial charge in [-0.25, -0.2) is 9.55 Å². The number of carbonyl (C=O) groups excluding carboxylic acids is 1. The first-order valence-electron chi connectivity index (χ1n) is 12.2. The molecule has 3 aromatic heterocycles. The zero-order chi connectivity index (χ0) is 26.6. The van der Waals surface area contributed by atoms with Crippen molar-refractivity contribution in [1.29, 1.82) is 0 Å². The number of H-pyrrole nitrogens is 1. The summed E-state index contributed by atoms with van der Waals surface area (Å²) in [5.74, 6) is 0.991. The molecule has 0 fully saturated rings. The summed E-state index contributed by atoms with van der Waals surface area (Å²) in [4.78, 5) is 26.0. The number of aromatic nitrogens is 4. The lowest BCUT2D eigenvalue weighted by Crippen LogP contribution is -2.30. The van der Waals surface area contributed by atoms with E-state index in [4.69, 9.17) is 21.3 Å². The Hall–Kier alpha value is -3.13. The molecule has 0 saturated heterocycles. The molecule has 2 aromatic carbocycles.